The fraction of sp³-hybridized carbons (Fsp3) is 0.684. The van der Waals surface area contributed by atoms with Gasteiger partial charge in [0.1, 0.15) is 0 Å². The van der Waals surface area contributed by atoms with E-state index in [1.807, 2.05) is 0 Å². The molecule has 0 spiro atoms. The highest BCUT2D eigenvalue weighted by molar-refractivity contribution is 6.62. The Kier molecular flexibility index (Phi) is 4.61. The average Bonchev–Trinajstić information content (AvgIpc) is 2.70. The summed E-state index contributed by atoms with van der Waals surface area (Å²) < 4.78 is 12.3. The molecule has 0 amide bonds. The minimum absolute atomic E-state index is 0.263. The van der Waals surface area contributed by atoms with Crippen LogP contribution in [0.15, 0.2) is 24.3 Å². The molecule has 0 radical (unpaired) electrons. The highest BCUT2D eigenvalue weighted by Crippen LogP contribution is 2.36. The van der Waals surface area contributed by atoms with Crippen LogP contribution < -0.4 is 5.46 Å². The summed E-state index contributed by atoms with van der Waals surface area (Å²) in [6.07, 6.45) is 2.63. The first-order valence-electron chi connectivity index (χ1n) is 8.94. The van der Waals surface area contributed by atoms with Gasteiger partial charge in [0, 0.05) is 6.54 Å². The van der Waals surface area contributed by atoms with Crippen molar-refractivity contribution in [3.05, 3.63) is 29.8 Å². The van der Waals surface area contributed by atoms with Crippen molar-refractivity contribution in [3.8, 4) is 0 Å². The van der Waals surface area contributed by atoms with Gasteiger partial charge in [-0.05, 0) is 70.6 Å². The van der Waals surface area contributed by atoms with Crippen LogP contribution in [0.3, 0.4) is 0 Å². The maximum atomic E-state index is 6.17. The Morgan fingerprint density at radius 2 is 1.70 bits per heavy atom. The van der Waals surface area contributed by atoms with Crippen molar-refractivity contribution in [2.24, 2.45) is 5.92 Å². The molecule has 0 N–H and O–H groups in total. The Labute approximate surface area is 141 Å². The normalized spacial score (nSPS) is 25.0. The summed E-state index contributed by atoms with van der Waals surface area (Å²) in [5.41, 5.74) is 1.92. The molecule has 2 fully saturated rings. The molecule has 126 valence electrons. The Morgan fingerprint density at radius 3 is 2.30 bits per heavy atom. The zero-order valence-electron chi connectivity index (χ0n) is 15.3. The lowest BCUT2D eigenvalue weighted by molar-refractivity contribution is 0.00578. The lowest BCUT2D eigenvalue weighted by Gasteiger charge is -2.32. The number of hydrogen-bond acceptors (Lipinski definition) is 3. The molecule has 0 aromatic heterocycles. The van der Waals surface area contributed by atoms with Crippen molar-refractivity contribution in [3.63, 3.8) is 0 Å². The number of rotatable bonds is 3. The van der Waals surface area contributed by atoms with Gasteiger partial charge in [-0.25, -0.2) is 0 Å². The molecule has 3 rings (SSSR count). The molecule has 3 nitrogen and oxygen atoms in total. The first-order chi connectivity index (χ1) is 10.8. The van der Waals surface area contributed by atoms with E-state index in [2.05, 4.69) is 63.8 Å². The molecule has 0 atom stereocenters. The quantitative estimate of drug-likeness (QED) is 0.800. The third-order valence-electron chi connectivity index (χ3n) is 5.76. The summed E-state index contributed by atoms with van der Waals surface area (Å²) in [7, 11) is -0.263. The molecule has 2 heterocycles. The maximum Gasteiger partial charge on any atom is 0.494 e. The Morgan fingerprint density at radius 1 is 1.09 bits per heavy atom. The monoisotopic (exact) mass is 315 g/mol. The lowest BCUT2D eigenvalue weighted by atomic mass is 9.78. The van der Waals surface area contributed by atoms with E-state index >= 15 is 0 Å². The molecule has 0 saturated carbocycles. The first kappa shape index (κ1) is 17.0. The molecular formula is C19H30BNO2. The minimum Gasteiger partial charge on any atom is -0.399 e. The molecule has 1 aromatic rings. The molecule has 2 aliphatic heterocycles. The summed E-state index contributed by atoms with van der Waals surface area (Å²) in [6, 6.07) is 8.71. The summed E-state index contributed by atoms with van der Waals surface area (Å²) >= 11 is 0. The Balaban J connectivity index is 1.69. The summed E-state index contributed by atoms with van der Waals surface area (Å²) in [5, 5.41) is 0. The molecule has 2 saturated heterocycles. The largest absolute Gasteiger partial charge is 0.494 e. The van der Waals surface area contributed by atoms with Crippen LogP contribution in [0, 0.1) is 5.92 Å². The second-order valence-electron chi connectivity index (χ2n) is 8.29. The van der Waals surface area contributed by atoms with Crippen LogP contribution in [0.1, 0.15) is 53.0 Å². The van der Waals surface area contributed by atoms with E-state index in [1.165, 1.54) is 31.5 Å². The van der Waals surface area contributed by atoms with E-state index in [-0.39, 0.29) is 18.3 Å². The van der Waals surface area contributed by atoms with Gasteiger partial charge in [-0.15, -0.1) is 0 Å². The van der Waals surface area contributed by atoms with E-state index in [9.17, 15) is 0 Å². The van der Waals surface area contributed by atoms with E-state index in [0.29, 0.717) is 0 Å². The van der Waals surface area contributed by atoms with Crippen LogP contribution >= 0.6 is 0 Å². The molecular weight excluding hydrogens is 285 g/mol. The van der Waals surface area contributed by atoms with E-state index in [0.717, 1.165) is 17.9 Å². The predicted octanol–water partition coefficient (Wildman–Crippen LogP) is 3.22. The number of piperidine rings is 1. The molecule has 0 unspecified atom stereocenters. The zero-order valence-corrected chi connectivity index (χ0v) is 15.3. The van der Waals surface area contributed by atoms with Crippen molar-refractivity contribution in [1.29, 1.82) is 0 Å². The van der Waals surface area contributed by atoms with Crippen LogP contribution in [0.25, 0.3) is 0 Å². The van der Waals surface area contributed by atoms with E-state index in [1.54, 1.807) is 0 Å². The SMILES string of the molecule is CC1CCN(Cc2cccc(B3OC(C)(C)C(C)(C)O3)c2)CC1. The molecule has 0 aliphatic carbocycles. The maximum absolute atomic E-state index is 6.17. The molecule has 4 heteroatoms. The molecule has 23 heavy (non-hydrogen) atoms. The second-order valence-corrected chi connectivity index (χ2v) is 8.29. The van der Waals surface area contributed by atoms with E-state index in [4.69, 9.17) is 9.31 Å². The van der Waals surface area contributed by atoms with Gasteiger partial charge in [0.25, 0.3) is 0 Å². The van der Waals surface area contributed by atoms with Crippen LogP contribution in [0.4, 0.5) is 0 Å². The third kappa shape index (κ3) is 3.65. The molecule has 2 aliphatic rings. The highest BCUT2D eigenvalue weighted by atomic mass is 16.7. The standard InChI is InChI=1S/C19H30BNO2/c1-15-9-11-21(12-10-15)14-16-7-6-8-17(13-16)20-22-18(2,3)19(4,5)23-20/h6-8,13,15H,9-12,14H2,1-5H3. The minimum atomic E-state index is -0.281. The van der Waals surface area contributed by atoms with Crippen LogP contribution in [-0.4, -0.2) is 36.3 Å². The summed E-state index contributed by atoms with van der Waals surface area (Å²) in [6.45, 7) is 14.2. The van der Waals surface area contributed by atoms with Crippen LogP contribution in [0.5, 0.6) is 0 Å². The van der Waals surface area contributed by atoms with Crippen LogP contribution in [0.2, 0.25) is 0 Å². The van der Waals surface area contributed by atoms with Gasteiger partial charge in [-0.3, -0.25) is 4.90 Å². The summed E-state index contributed by atoms with van der Waals surface area (Å²) in [5.74, 6) is 0.877. The van der Waals surface area contributed by atoms with Gasteiger partial charge in [0.15, 0.2) is 0 Å². The van der Waals surface area contributed by atoms with Gasteiger partial charge in [0.2, 0.25) is 0 Å². The van der Waals surface area contributed by atoms with Gasteiger partial charge >= 0.3 is 7.12 Å². The van der Waals surface area contributed by atoms with Gasteiger partial charge in [-0.1, -0.05) is 31.2 Å². The molecule has 0 bridgehead atoms. The van der Waals surface area contributed by atoms with Crippen molar-refractivity contribution in [2.45, 2.75) is 65.2 Å². The van der Waals surface area contributed by atoms with Gasteiger partial charge < -0.3 is 9.31 Å². The van der Waals surface area contributed by atoms with Crippen molar-refractivity contribution >= 4 is 12.6 Å². The second kappa shape index (κ2) is 6.23. The van der Waals surface area contributed by atoms with Gasteiger partial charge in [-0.2, -0.15) is 0 Å². The smallest absolute Gasteiger partial charge is 0.399 e. The zero-order chi connectivity index (χ0) is 16.7. The molecule has 1 aromatic carbocycles. The average molecular weight is 315 g/mol. The van der Waals surface area contributed by atoms with Crippen molar-refractivity contribution < 1.29 is 9.31 Å². The van der Waals surface area contributed by atoms with Crippen molar-refractivity contribution in [1.82, 2.24) is 4.90 Å². The summed E-state index contributed by atoms with van der Waals surface area (Å²) in [4.78, 5) is 2.56. The Hall–Kier alpha value is -0.835. The number of nitrogens with zero attached hydrogens (tertiary/aromatic N) is 1. The number of hydrogen-bond donors (Lipinski definition) is 0. The predicted molar refractivity (Wildman–Crippen MR) is 95.8 cm³/mol. The lowest BCUT2D eigenvalue weighted by Crippen LogP contribution is -2.41. The van der Waals surface area contributed by atoms with Crippen LogP contribution in [-0.2, 0) is 15.9 Å². The highest BCUT2D eigenvalue weighted by Gasteiger charge is 2.51. The number of likely N-dealkylation sites (tertiary alicyclic amines) is 1. The fourth-order valence-corrected chi connectivity index (χ4v) is 3.30. The fourth-order valence-electron chi connectivity index (χ4n) is 3.30. The number of benzene rings is 1. The van der Waals surface area contributed by atoms with E-state index < -0.39 is 0 Å². The first-order valence-corrected chi connectivity index (χ1v) is 8.94. The third-order valence-corrected chi connectivity index (χ3v) is 5.76. The topological polar surface area (TPSA) is 21.7 Å². The Bertz CT molecular complexity index is 534. The van der Waals surface area contributed by atoms with Gasteiger partial charge in [0.05, 0.1) is 11.2 Å². The van der Waals surface area contributed by atoms with Crippen molar-refractivity contribution in [2.75, 3.05) is 13.1 Å².